The van der Waals surface area contributed by atoms with Crippen molar-refractivity contribution in [2.75, 3.05) is 0 Å². The van der Waals surface area contributed by atoms with Gasteiger partial charge in [0.15, 0.2) is 0 Å². The van der Waals surface area contributed by atoms with Crippen molar-refractivity contribution in [1.29, 1.82) is 0 Å². The van der Waals surface area contributed by atoms with E-state index in [0.29, 0.717) is 0 Å². The van der Waals surface area contributed by atoms with E-state index in [-0.39, 0.29) is 0 Å². The standard InChI is InChI=1S/C41H23ClN2S2/c42-33-23-34-40(38-32-10-4-6-12-37(32)45-39(33)38)46-41(43-34)26-15-13-25(14-16-26)28-18-20-31-30-9-3-5-11-35(30)44(36(31)22-28)29-19-17-24-7-1-2-8-27(24)21-29/h1-23H. The highest BCUT2D eigenvalue weighted by atomic mass is 35.5. The number of rotatable bonds is 3. The normalized spacial score (nSPS) is 12.0. The van der Waals surface area contributed by atoms with Crippen molar-refractivity contribution in [2.45, 2.75) is 0 Å². The summed E-state index contributed by atoms with van der Waals surface area (Å²) in [5.41, 5.74) is 8.01. The fourth-order valence-corrected chi connectivity index (χ4v) is 9.52. The zero-order valence-electron chi connectivity index (χ0n) is 24.4. The molecule has 46 heavy (non-hydrogen) atoms. The van der Waals surface area contributed by atoms with Gasteiger partial charge in [0.25, 0.3) is 0 Å². The molecule has 10 aromatic rings. The number of para-hydroxylation sites is 1. The van der Waals surface area contributed by atoms with Gasteiger partial charge in [-0.1, -0.05) is 115 Å². The molecular formula is C41H23ClN2S2. The van der Waals surface area contributed by atoms with Crippen LogP contribution in [0.25, 0.3) is 90.4 Å². The van der Waals surface area contributed by atoms with Crippen molar-refractivity contribution < 1.29 is 0 Å². The van der Waals surface area contributed by atoms with Gasteiger partial charge in [0.2, 0.25) is 0 Å². The van der Waals surface area contributed by atoms with Crippen LogP contribution in [0.5, 0.6) is 0 Å². The lowest BCUT2D eigenvalue weighted by Gasteiger charge is -2.10. The Morgan fingerprint density at radius 1 is 0.522 bits per heavy atom. The first-order valence-electron chi connectivity index (χ1n) is 15.2. The molecule has 0 aliphatic heterocycles. The van der Waals surface area contributed by atoms with Gasteiger partial charge in [0.05, 0.1) is 31.0 Å². The summed E-state index contributed by atoms with van der Waals surface area (Å²) in [7, 11) is 0. The maximum Gasteiger partial charge on any atom is 0.124 e. The van der Waals surface area contributed by atoms with Gasteiger partial charge in [-0.15, -0.1) is 22.7 Å². The molecule has 7 aromatic carbocycles. The van der Waals surface area contributed by atoms with E-state index in [1.54, 1.807) is 22.7 Å². The maximum atomic E-state index is 6.77. The van der Waals surface area contributed by atoms with Crippen LogP contribution in [0.4, 0.5) is 0 Å². The Kier molecular flexibility index (Phi) is 5.70. The largest absolute Gasteiger partial charge is 0.309 e. The highest BCUT2D eigenvalue weighted by Gasteiger charge is 2.17. The Labute approximate surface area is 277 Å². The van der Waals surface area contributed by atoms with E-state index in [9.17, 15) is 0 Å². The maximum absolute atomic E-state index is 6.77. The van der Waals surface area contributed by atoms with Crippen LogP contribution in [-0.2, 0) is 0 Å². The van der Waals surface area contributed by atoms with Gasteiger partial charge in [-0.25, -0.2) is 4.98 Å². The van der Waals surface area contributed by atoms with Gasteiger partial charge < -0.3 is 4.57 Å². The molecule has 0 bridgehead atoms. The quantitative estimate of drug-likeness (QED) is 0.187. The molecular weight excluding hydrogens is 620 g/mol. The van der Waals surface area contributed by atoms with Crippen LogP contribution in [-0.4, -0.2) is 9.55 Å². The Hall–Kier alpha value is -5.00. The van der Waals surface area contributed by atoms with E-state index in [0.717, 1.165) is 25.8 Å². The summed E-state index contributed by atoms with van der Waals surface area (Å²) < 4.78 is 5.99. The number of thiazole rings is 1. The van der Waals surface area contributed by atoms with Crippen molar-refractivity contribution >= 4 is 97.2 Å². The third-order valence-electron chi connectivity index (χ3n) is 9.09. The summed E-state index contributed by atoms with van der Waals surface area (Å²) in [5.74, 6) is 0. The minimum atomic E-state index is 0.771. The van der Waals surface area contributed by atoms with E-state index in [1.165, 1.54) is 69.6 Å². The first kappa shape index (κ1) is 26.2. The monoisotopic (exact) mass is 642 g/mol. The summed E-state index contributed by atoms with van der Waals surface area (Å²) in [6.45, 7) is 0. The number of fused-ring (bicyclic) bond motifs is 9. The van der Waals surface area contributed by atoms with Crippen LogP contribution in [0.1, 0.15) is 0 Å². The summed E-state index contributed by atoms with van der Waals surface area (Å²) in [5, 5.41) is 9.25. The molecule has 0 saturated heterocycles. The lowest BCUT2D eigenvalue weighted by molar-refractivity contribution is 1.19. The Balaban J connectivity index is 1.09. The molecule has 0 aliphatic rings. The Morgan fingerprint density at radius 3 is 2.13 bits per heavy atom. The van der Waals surface area contributed by atoms with Crippen molar-refractivity contribution in [3.63, 3.8) is 0 Å². The smallest absolute Gasteiger partial charge is 0.124 e. The third-order valence-corrected chi connectivity index (χ3v) is 11.8. The number of benzene rings is 7. The van der Waals surface area contributed by atoms with E-state index < -0.39 is 0 Å². The number of thiophene rings is 1. The van der Waals surface area contributed by atoms with Crippen LogP contribution in [0.3, 0.4) is 0 Å². The molecule has 0 saturated carbocycles. The molecule has 0 atom stereocenters. The molecule has 10 rings (SSSR count). The van der Waals surface area contributed by atoms with Crippen LogP contribution in [0, 0.1) is 0 Å². The van der Waals surface area contributed by atoms with Crippen molar-refractivity contribution in [3.8, 4) is 27.4 Å². The Bertz CT molecular complexity index is 2820. The predicted molar refractivity (Wildman–Crippen MR) is 200 cm³/mol. The molecule has 0 N–H and O–H groups in total. The SMILES string of the molecule is Clc1cc2nc(-c3ccc(-c4ccc5c6ccccc6n(-c6ccc7ccccc7c6)c5c4)cc3)sc2c2c1sc1ccccc12. The van der Waals surface area contributed by atoms with Gasteiger partial charge >= 0.3 is 0 Å². The average molecular weight is 643 g/mol. The Morgan fingerprint density at radius 2 is 1.24 bits per heavy atom. The lowest BCUT2D eigenvalue weighted by Crippen LogP contribution is -1.94. The fourth-order valence-electron chi connectivity index (χ4n) is 6.91. The van der Waals surface area contributed by atoms with E-state index >= 15 is 0 Å². The molecule has 216 valence electrons. The minimum absolute atomic E-state index is 0.771. The second kappa shape index (κ2) is 10.0. The molecule has 3 aromatic heterocycles. The van der Waals surface area contributed by atoms with Crippen LogP contribution in [0.15, 0.2) is 140 Å². The minimum Gasteiger partial charge on any atom is -0.309 e. The molecule has 0 radical (unpaired) electrons. The van der Waals surface area contributed by atoms with Gasteiger partial charge in [0.1, 0.15) is 5.01 Å². The van der Waals surface area contributed by atoms with Gasteiger partial charge in [-0.05, 0) is 58.3 Å². The van der Waals surface area contributed by atoms with Gasteiger partial charge in [-0.2, -0.15) is 0 Å². The average Bonchev–Trinajstić information content (AvgIpc) is 3.80. The first-order chi connectivity index (χ1) is 22.7. The molecule has 2 nitrogen and oxygen atoms in total. The number of halogens is 1. The highest BCUT2D eigenvalue weighted by molar-refractivity contribution is 7.28. The zero-order valence-corrected chi connectivity index (χ0v) is 26.8. The summed E-state index contributed by atoms with van der Waals surface area (Å²) >= 11 is 10.3. The van der Waals surface area contributed by atoms with Crippen molar-refractivity contribution in [2.24, 2.45) is 0 Å². The topological polar surface area (TPSA) is 17.8 Å². The third kappa shape index (κ3) is 3.91. The van der Waals surface area contributed by atoms with Crippen LogP contribution < -0.4 is 0 Å². The second-order valence-corrected chi connectivity index (χ2v) is 14.2. The van der Waals surface area contributed by atoms with Crippen LogP contribution in [0.2, 0.25) is 5.02 Å². The van der Waals surface area contributed by atoms with Gasteiger partial charge in [0, 0.05) is 37.5 Å². The summed E-state index contributed by atoms with van der Waals surface area (Å²) in [6.07, 6.45) is 0. The summed E-state index contributed by atoms with van der Waals surface area (Å²) in [6, 6.07) is 50.2. The number of aromatic nitrogens is 2. The number of hydrogen-bond acceptors (Lipinski definition) is 3. The van der Waals surface area contributed by atoms with Gasteiger partial charge in [-0.3, -0.25) is 0 Å². The molecule has 0 fully saturated rings. The molecule has 5 heteroatoms. The number of hydrogen-bond donors (Lipinski definition) is 0. The van der Waals surface area contributed by atoms with Crippen molar-refractivity contribution in [1.82, 2.24) is 9.55 Å². The van der Waals surface area contributed by atoms with E-state index in [2.05, 4.69) is 138 Å². The first-order valence-corrected chi connectivity index (χ1v) is 17.2. The molecule has 0 spiro atoms. The zero-order chi connectivity index (χ0) is 30.4. The lowest BCUT2D eigenvalue weighted by atomic mass is 10.0. The van der Waals surface area contributed by atoms with E-state index in [1.807, 2.05) is 6.07 Å². The second-order valence-electron chi connectivity index (χ2n) is 11.7. The molecule has 3 heterocycles. The highest BCUT2D eigenvalue weighted by Crippen LogP contribution is 2.45. The number of nitrogens with zero attached hydrogens (tertiary/aromatic N) is 2. The molecule has 0 amide bonds. The van der Waals surface area contributed by atoms with E-state index in [4.69, 9.17) is 16.6 Å². The molecule has 0 aliphatic carbocycles. The fraction of sp³-hybridized carbons (Fsp3) is 0. The predicted octanol–water partition coefficient (Wildman–Crippen LogP) is 12.9. The van der Waals surface area contributed by atoms with Crippen LogP contribution >= 0.6 is 34.3 Å². The summed E-state index contributed by atoms with van der Waals surface area (Å²) in [4.78, 5) is 5.05. The van der Waals surface area contributed by atoms with Crippen molar-refractivity contribution in [3.05, 3.63) is 145 Å². The molecule has 0 unspecified atom stereocenters.